The molecule has 1 aromatic rings. The van der Waals surface area contributed by atoms with E-state index in [9.17, 15) is 4.79 Å². The summed E-state index contributed by atoms with van der Waals surface area (Å²) in [6.45, 7) is 2.07. The number of nitrogens with zero attached hydrogens (tertiary/aromatic N) is 1. The van der Waals surface area contributed by atoms with E-state index < -0.39 is 5.97 Å². The quantitative estimate of drug-likeness (QED) is 0.674. The van der Waals surface area contributed by atoms with Gasteiger partial charge in [-0.2, -0.15) is 5.10 Å². The van der Waals surface area contributed by atoms with Crippen molar-refractivity contribution in [2.45, 2.75) is 12.8 Å². The molecule has 72 valence electrons. The van der Waals surface area contributed by atoms with Crippen LogP contribution in [-0.4, -0.2) is 22.8 Å². The maximum Gasteiger partial charge on any atom is 0.342 e. The lowest BCUT2D eigenvalue weighted by atomic mass is 10.3. The number of hydrogen-bond donors (Lipinski definition) is 1. The molecule has 1 heterocycles. The van der Waals surface area contributed by atoms with Gasteiger partial charge >= 0.3 is 5.97 Å². The lowest BCUT2D eigenvalue weighted by Gasteiger charge is -2.00. The van der Waals surface area contributed by atoms with Gasteiger partial charge in [0.15, 0.2) is 0 Å². The Morgan fingerprint density at radius 3 is 3.00 bits per heavy atom. The van der Waals surface area contributed by atoms with Crippen LogP contribution >= 0.6 is 27.5 Å². The fraction of sp³-hybridized carbons (Fsp3) is 0.429. The minimum absolute atomic E-state index is 0.201. The molecule has 13 heavy (non-hydrogen) atoms. The van der Waals surface area contributed by atoms with E-state index in [1.807, 2.05) is 0 Å². The van der Waals surface area contributed by atoms with Crippen LogP contribution in [0.4, 0.5) is 0 Å². The third-order valence-electron chi connectivity index (χ3n) is 1.41. The first-order chi connectivity index (χ1) is 6.20. The lowest BCUT2D eigenvalue weighted by Crippen LogP contribution is -2.06. The van der Waals surface area contributed by atoms with E-state index in [-0.39, 0.29) is 5.88 Å². The van der Waals surface area contributed by atoms with E-state index in [1.54, 1.807) is 6.92 Å². The molecule has 0 aromatic carbocycles. The number of nitrogens with one attached hydrogen (secondary N) is 1. The number of carbonyl (C=O) groups excluding carboxylic acids is 1. The summed E-state index contributed by atoms with van der Waals surface area (Å²) in [5.74, 6) is -0.217. The molecule has 1 rings (SSSR count). The van der Waals surface area contributed by atoms with Gasteiger partial charge in [0.1, 0.15) is 10.2 Å². The smallest absolute Gasteiger partial charge is 0.342 e. The second kappa shape index (κ2) is 4.62. The first-order valence-electron chi connectivity index (χ1n) is 3.66. The fourth-order valence-electron chi connectivity index (χ4n) is 0.860. The standard InChI is InChI=1S/C7H8BrClN2O2/c1-2-13-7(12)5-4(3-9)10-11-6(5)8/h2-3H2,1H3,(H,10,11). The van der Waals surface area contributed by atoms with Crippen molar-refractivity contribution >= 4 is 33.5 Å². The molecular formula is C7H8BrClN2O2. The van der Waals surface area contributed by atoms with Crippen molar-refractivity contribution in [1.29, 1.82) is 0 Å². The number of aromatic nitrogens is 2. The topological polar surface area (TPSA) is 55.0 Å². The van der Waals surface area contributed by atoms with Crippen LogP contribution in [0.1, 0.15) is 23.0 Å². The first kappa shape index (κ1) is 10.5. The van der Waals surface area contributed by atoms with Gasteiger partial charge in [-0.05, 0) is 22.9 Å². The van der Waals surface area contributed by atoms with Crippen LogP contribution in [0.25, 0.3) is 0 Å². The number of rotatable bonds is 3. The van der Waals surface area contributed by atoms with Crippen molar-refractivity contribution in [3.8, 4) is 0 Å². The summed E-state index contributed by atoms with van der Waals surface area (Å²) in [5.41, 5.74) is 0.934. The van der Waals surface area contributed by atoms with Crippen LogP contribution in [0.2, 0.25) is 0 Å². The van der Waals surface area contributed by atoms with Crippen molar-refractivity contribution in [2.75, 3.05) is 6.61 Å². The van der Waals surface area contributed by atoms with Crippen molar-refractivity contribution in [3.05, 3.63) is 15.9 Å². The van der Waals surface area contributed by atoms with Crippen LogP contribution in [0.5, 0.6) is 0 Å². The monoisotopic (exact) mass is 266 g/mol. The predicted octanol–water partition coefficient (Wildman–Crippen LogP) is 2.09. The zero-order chi connectivity index (χ0) is 9.84. The van der Waals surface area contributed by atoms with E-state index in [1.165, 1.54) is 0 Å². The highest BCUT2D eigenvalue weighted by molar-refractivity contribution is 9.10. The summed E-state index contributed by atoms with van der Waals surface area (Å²) >= 11 is 8.72. The molecular weight excluding hydrogens is 259 g/mol. The van der Waals surface area contributed by atoms with Crippen LogP contribution in [0.3, 0.4) is 0 Å². The number of esters is 1. The Kier molecular flexibility index (Phi) is 3.74. The molecule has 0 aliphatic carbocycles. The second-order valence-electron chi connectivity index (χ2n) is 2.22. The summed E-state index contributed by atoms with van der Waals surface area (Å²) in [7, 11) is 0. The van der Waals surface area contributed by atoms with Gasteiger partial charge in [0.05, 0.1) is 18.2 Å². The van der Waals surface area contributed by atoms with E-state index >= 15 is 0 Å². The average molecular weight is 268 g/mol. The van der Waals surface area contributed by atoms with Gasteiger partial charge in [-0.25, -0.2) is 4.79 Å². The number of alkyl halides is 1. The highest BCUT2D eigenvalue weighted by Gasteiger charge is 2.18. The Hall–Kier alpha value is -0.550. The normalized spacial score (nSPS) is 10.1. The molecule has 0 aliphatic heterocycles. The second-order valence-corrected chi connectivity index (χ2v) is 3.24. The van der Waals surface area contributed by atoms with Gasteiger partial charge in [-0.1, -0.05) is 0 Å². The maximum atomic E-state index is 11.3. The molecule has 0 atom stereocenters. The molecule has 0 saturated heterocycles. The summed E-state index contributed by atoms with van der Waals surface area (Å²) in [4.78, 5) is 11.3. The van der Waals surface area contributed by atoms with Crippen molar-refractivity contribution in [3.63, 3.8) is 0 Å². The van der Waals surface area contributed by atoms with Crippen molar-refractivity contribution < 1.29 is 9.53 Å². The van der Waals surface area contributed by atoms with Gasteiger partial charge in [-0.15, -0.1) is 11.6 Å². The molecule has 0 amide bonds. The highest BCUT2D eigenvalue weighted by Crippen LogP contribution is 2.19. The van der Waals surface area contributed by atoms with E-state index in [0.29, 0.717) is 22.5 Å². The van der Waals surface area contributed by atoms with Gasteiger partial charge in [-0.3, -0.25) is 5.10 Å². The number of aromatic amines is 1. The van der Waals surface area contributed by atoms with Crippen molar-refractivity contribution in [2.24, 2.45) is 0 Å². The summed E-state index contributed by atoms with van der Waals surface area (Å²) < 4.78 is 5.25. The van der Waals surface area contributed by atoms with Gasteiger partial charge in [0.25, 0.3) is 0 Å². The summed E-state index contributed by atoms with van der Waals surface area (Å²) in [6.07, 6.45) is 0. The largest absolute Gasteiger partial charge is 0.462 e. The minimum atomic E-state index is -0.418. The van der Waals surface area contributed by atoms with E-state index in [4.69, 9.17) is 16.3 Å². The number of ether oxygens (including phenoxy) is 1. The Balaban J connectivity index is 2.96. The van der Waals surface area contributed by atoms with Gasteiger partial charge < -0.3 is 4.74 Å². The number of halogens is 2. The third kappa shape index (κ3) is 2.22. The summed E-state index contributed by atoms with van der Waals surface area (Å²) in [6, 6.07) is 0. The Morgan fingerprint density at radius 2 is 2.46 bits per heavy atom. The predicted molar refractivity (Wildman–Crippen MR) is 51.8 cm³/mol. The third-order valence-corrected chi connectivity index (χ3v) is 2.25. The minimum Gasteiger partial charge on any atom is -0.462 e. The maximum absolute atomic E-state index is 11.3. The molecule has 0 saturated carbocycles. The highest BCUT2D eigenvalue weighted by atomic mass is 79.9. The Bertz CT molecular complexity index is 313. The molecule has 0 spiro atoms. The molecule has 4 nitrogen and oxygen atoms in total. The molecule has 0 unspecified atom stereocenters. The molecule has 0 fully saturated rings. The van der Waals surface area contributed by atoms with Crippen molar-refractivity contribution in [1.82, 2.24) is 10.2 Å². The fourth-order valence-corrected chi connectivity index (χ4v) is 1.54. The van der Waals surface area contributed by atoms with Gasteiger partial charge in [0.2, 0.25) is 0 Å². The van der Waals surface area contributed by atoms with E-state index in [2.05, 4.69) is 26.1 Å². The zero-order valence-corrected chi connectivity index (χ0v) is 9.28. The Labute approximate surface area is 88.7 Å². The van der Waals surface area contributed by atoms with Crippen LogP contribution in [0.15, 0.2) is 4.60 Å². The van der Waals surface area contributed by atoms with Crippen LogP contribution in [0, 0.1) is 0 Å². The summed E-state index contributed by atoms with van der Waals surface area (Å²) in [5, 5.41) is 6.43. The number of H-pyrrole nitrogens is 1. The van der Waals surface area contributed by atoms with Crippen LogP contribution < -0.4 is 0 Å². The molecule has 1 aromatic heterocycles. The Morgan fingerprint density at radius 1 is 1.77 bits per heavy atom. The van der Waals surface area contributed by atoms with Crippen LogP contribution in [-0.2, 0) is 10.6 Å². The molecule has 1 N–H and O–H groups in total. The SMILES string of the molecule is CCOC(=O)c1c(Br)n[nH]c1CCl. The number of hydrogen-bond acceptors (Lipinski definition) is 3. The zero-order valence-electron chi connectivity index (χ0n) is 6.93. The molecule has 0 bridgehead atoms. The lowest BCUT2D eigenvalue weighted by molar-refractivity contribution is 0.0524. The molecule has 6 heteroatoms. The molecule has 0 radical (unpaired) electrons. The van der Waals surface area contributed by atoms with E-state index in [0.717, 1.165) is 0 Å². The van der Waals surface area contributed by atoms with Gasteiger partial charge in [0, 0.05) is 0 Å². The molecule has 0 aliphatic rings. The average Bonchev–Trinajstić information content (AvgIpc) is 2.47. The number of carbonyl (C=O) groups is 1. The first-order valence-corrected chi connectivity index (χ1v) is 4.99.